The molecule has 0 spiro atoms. The summed E-state index contributed by atoms with van der Waals surface area (Å²) in [6.07, 6.45) is 2.45. The standard InChI is InChI=1S/C17H24N2O2S/c20-12-14-10-19(15-6-8-22-9-7-15)11-16(14)18-17(21)13-4-2-1-3-5-13/h1-5,14-16,20H,6-12H2,(H,18,21)/t14-,16+/m0/s1. The van der Waals surface area contributed by atoms with Crippen molar-refractivity contribution in [2.45, 2.75) is 24.9 Å². The summed E-state index contributed by atoms with van der Waals surface area (Å²) in [6, 6.07) is 9.98. The van der Waals surface area contributed by atoms with Gasteiger partial charge < -0.3 is 10.4 Å². The van der Waals surface area contributed by atoms with Crippen molar-refractivity contribution in [2.24, 2.45) is 5.92 Å². The van der Waals surface area contributed by atoms with Crippen LogP contribution in [0.25, 0.3) is 0 Å². The lowest BCUT2D eigenvalue weighted by Gasteiger charge is -2.30. The molecule has 1 amide bonds. The number of aliphatic hydroxyl groups excluding tert-OH is 1. The Labute approximate surface area is 136 Å². The molecule has 2 atom stereocenters. The number of thioether (sulfide) groups is 1. The van der Waals surface area contributed by atoms with Gasteiger partial charge >= 0.3 is 0 Å². The van der Waals surface area contributed by atoms with Crippen LogP contribution in [0.15, 0.2) is 30.3 Å². The Balaban J connectivity index is 1.61. The molecule has 0 radical (unpaired) electrons. The van der Waals surface area contributed by atoms with Crippen LogP contribution in [-0.4, -0.2) is 59.2 Å². The maximum Gasteiger partial charge on any atom is 0.251 e. The number of aliphatic hydroxyl groups is 1. The molecule has 0 aromatic heterocycles. The Bertz CT molecular complexity index is 491. The second kappa shape index (κ2) is 7.49. The van der Waals surface area contributed by atoms with Crippen molar-refractivity contribution in [2.75, 3.05) is 31.2 Å². The lowest BCUT2D eigenvalue weighted by Crippen LogP contribution is -2.42. The summed E-state index contributed by atoms with van der Waals surface area (Å²) < 4.78 is 0. The summed E-state index contributed by atoms with van der Waals surface area (Å²) in [6.45, 7) is 1.89. The van der Waals surface area contributed by atoms with Gasteiger partial charge in [0, 0.05) is 43.3 Å². The maximum absolute atomic E-state index is 12.3. The van der Waals surface area contributed by atoms with E-state index in [1.54, 1.807) is 0 Å². The minimum Gasteiger partial charge on any atom is -0.396 e. The van der Waals surface area contributed by atoms with Crippen molar-refractivity contribution in [1.29, 1.82) is 0 Å². The van der Waals surface area contributed by atoms with Gasteiger partial charge in [-0.3, -0.25) is 9.69 Å². The Kier molecular flexibility index (Phi) is 5.39. The second-order valence-corrected chi connectivity index (χ2v) is 7.41. The van der Waals surface area contributed by atoms with E-state index in [-0.39, 0.29) is 24.5 Å². The van der Waals surface area contributed by atoms with E-state index in [9.17, 15) is 9.90 Å². The van der Waals surface area contributed by atoms with Crippen molar-refractivity contribution < 1.29 is 9.90 Å². The molecule has 0 saturated carbocycles. The zero-order chi connectivity index (χ0) is 15.4. The zero-order valence-electron chi connectivity index (χ0n) is 12.8. The number of nitrogens with zero attached hydrogens (tertiary/aromatic N) is 1. The molecule has 5 heteroatoms. The molecule has 2 fully saturated rings. The molecule has 2 N–H and O–H groups in total. The predicted molar refractivity (Wildman–Crippen MR) is 90.2 cm³/mol. The van der Waals surface area contributed by atoms with Gasteiger partial charge in [0.15, 0.2) is 0 Å². The van der Waals surface area contributed by atoms with Crippen LogP contribution in [0.2, 0.25) is 0 Å². The van der Waals surface area contributed by atoms with E-state index in [0.29, 0.717) is 11.6 Å². The van der Waals surface area contributed by atoms with E-state index in [2.05, 4.69) is 10.2 Å². The zero-order valence-corrected chi connectivity index (χ0v) is 13.6. The summed E-state index contributed by atoms with van der Waals surface area (Å²) in [7, 11) is 0. The van der Waals surface area contributed by atoms with Crippen LogP contribution in [0.1, 0.15) is 23.2 Å². The van der Waals surface area contributed by atoms with Crippen LogP contribution >= 0.6 is 11.8 Å². The Morgan fingerprint density at radius 1 is 1.23 bits per heavy atom. The highest BCUT2D eigenvalue weighted by Gasteiger charge is 2.36. The van der Waals surface area contributed by atoms with Crippen molar-refractivity contribution in [3.05, 3.63) is 35.9 Å². The van der Waals surface area contributed by atoms with Gasteiger partial charge in [0.25, 0.3) is 5.91 Å². The highest BCUT2D eigenvalue weighted by atomic mass is 32.2. The SMILES string of the molecule is O=C(N[C@@H]1CN(C2CCSCC2)C[C@H]1CO)c1ccccc1. The first-order valence-electron chi connectivity index (χ1n) is 8.06. The summed E-state index contributed by atoms with van der Waals surface area (Å²) >= 11 is 2.03. The van der Waals surface area contributed by atoms with E-state index in [0.717, 1.165) is 13.1 Å². The third kappa shape index (κ3) is 3.65. The van der Waals surface area contributed by atoms with Crippen LogP contribution in [0.5, 0.6) is 0 Å². The van der Waals surface area contributed by atoms with Crippen LogP contribution in [-0.2, 0) is 0 Å². The Morgan fingerprint density at radius 2 is 1.95 bits per heavy atom. The molecule has 2 aliphatic heterocycles. The van der Waals surface area contributed by atoms with E-state index in [1.807, 2.05) is 42.1 Å². The van der Waals surface area contributed by atoms with Crippen molar-refractivity contribution in [3.8, 4) is 0 Å². The fourth-order valence-corrected chi connectivity index (χ4v) is 4.52. The number of nitrogens with one attached hydrogen (secondary N) is 1. The summed E-state index contributed by atoms with van der Waals surface area (Å²) in [5, 5.41) is 12.8. The molecular formula is C17H24N2O2S. The summed E-state index contributed by atoms with van der Waals surface area (Å²) in [5.41, 5.74) is 0.687. The second-order valence-electron chi connectivity index (χ2n) is 6.19. The van der Waals surface area contributed by atoms with E-state index in [4.69, 9.17) is 0 Å². The quantitative estimate of drug-likeness (QED) is 0.885. The first kappa shape index (κ1) is 15.8. The number of carbonyl (C=O) groups is 1. The maximum atomic E-state index is 12.3. The number of benzene rings is 1. The molecule has 120 valence electrons. The summed E-state index contributed by atoms with van der Waals surface area (Å²) in [4.78, 5) is 14.8. The minimum atomic E-state index is -0.0369. The summed E-state index contributed by atoms with van der Waals surface area (Å²) in [5.74, 6) is 2.56. The number of amides is 1. The average molecular weight is 320 g/mol. The predicted octanol–water partition coefficient (Wildman–Crippen LogP) is 1.60. The molecule has 0 bridgehead atoms. The monoisotopic (exact) mass is 320 g/mol. The van der Waals surface area contributed by atoms with Crippen LogP contribution < -0.4 is 5.32 Å². The van der Waals surface area contributed by atoms with Crippen LogP contribution in [0.4, 0.5) is 0 Å². The van der Waals surface area contributed by atoms with Gasteiger partial charge in [-0.05, 0) is 36.5 Å². The normalized spacial score (nSPS) is 27.0. The van der Waals surface area contributed by atoms with E-state index >= 15 is 0 Å². The Hall–Kier alpha value is -1.04. The van der Waals surface area contributed by atoms with Crippen LogP contribution in [0.3, 0.4) is 0 Å². The van der Waals surface area contributed by atoms with Gasteiger partial charge in [0.1, 0.15) is 0 Å². The fraction of sp³-hybridized carbons (Fsp3) is 0.588. The van der Waals surface area contributed by atoms with Crippen molar-refractivity contribution >= 4 is 17.7 Å². The van der Waals surface area contributed by atoms with Gasteiger partial charge in [-0.25, -0.2) is 0 Å². The number of hydrogen-bond donors (Lipinski definition) is 2. The van der Waals surface area contributed by atoms with Gasteiger partial charge in [0.05, 0.1) is 0 Å². The molecular weight excluding hydrogens is 296 g/mol. The molecule has 1 aromatic carbocycles. The third-order valence-electron chi connectivity index (χ3n) is 4.76. The van der Waals surface area contributed by atoms with E-state index < -0.39 is 0 Å². The lowest BCUT2D eigenvalue weighted by atomic mass is 10.0. The van der Waals surface area contributed by atoms with Gasteiger partial charge in [0.2, 0.25) is 0 Å². The molecule has 2 aliphatic rings. The highest BCUT2D eigenvalue weighted by molar-refractivity contribution is 7.99. The lowest BCUT2D eigenvalue weighted by molar-refractivity contribution is 0.0920. The molecule has 22 heavy (non-hydrogen) atoms. The van der Waals surface area contributed by atoms with Gasteiger partial charge in [-0.1, -0.05) is 18.2 Å². The molecule has 2 saturated heterocycles. The van der Waals surface area contributed by atoms with Crippen molar-refractivity contribution in [3.63, 3.8) is 0 Å². The molecule has 0 aliphatic carbocycles. The molecule has 0 unspecified atom stereocenters. The highest BCUT2D eigenvalue weighted by Crippen LogP contribution is 2.27. The molecule has 2 heterocycles. The van der Waals surface area contributed by atoms with Crippen molar-refractivity contribution in [1.82, 2.24) is 10.2 Å². The number of likely N-dealkylation sites (tertiary alicyclic amines) is 1. The number of rotatable bonds is 4. The fourth-order valence-electron chi connectivity index (χ4n) is 3.44. The number of hydrogen-bond acceptors (Lipinski definition) is 4. The average Bonchev–Trinajstić information content (AvgIpc) is 2.99. The first-order valence-corrected chi connectivity index (χ1v) is 9.22. The first-order chi connectivity index (χ1) is 10.8. The van der Waals surface area contributed by atoms with Gasteiger partial charge in [-0.2, -0.15) is 11.8 Å². The Morgan fingerprint density at radius 3 is 2.64 bits per heavy atom. The van der Waals surface area contributed by atoms with Gasteiger partial charge in [-0.15, -0.1) is 0 Å². The molecule has 3 rings (SSSR count). The topological polar surface area (TPSA) is 52.6 Å². The largest absolute Gasteiger partial charge is 0.396 e. The smallest absolute Gasteiger partial charge is 0.251 e. The minimum absolute atomic E-state index is 0.0369. The number of carbonyl (C=O) groups excluding carboxylic acids is 1. The molecule has 4 nitrogen and oxygen atoms in total. The third-order valence-corrected chi connectivity index (χ3v) is 5.81. The van der Waals surface area contributed by atoms with E-state index in [1.165, 1.54) is 24.3 Å². The van der Waals surface area contributed by atoms with Crippen LogP contribution in [0, 0.1) is 5.92 Å². The molecule has 1 aromatic rings.